The average molecular weight is 306 g/mol. The highest BCUT2D eigenvalue weighted by atomic mass is 16.3. The fourth-order valence-electron chi connectivity index (χ4n) is 2.26. The first kappa shape index (κ1) is 16.3. The van der Waals surface area contributed by atoms with E-state index in [1.54, 1.807) is 17.0 Å². The van der Waals surface area contributed by atoms with Crippen LogP contribution in [0, 0.1) is 13.8 Å². The SMILES string of the molecule is Cc1nn(CCO)c(C)c1CNCC(=O)NCc1ccco1. The van der Waals surface area contributed by atoms with E-state index in [9.17, 15) is 4.79 Å². The molecule has 0 unspecified atom stereocenters. The first-order valence-electron chi connectivity index (χ1n) is 7.25. The molecule has 0 aliphatic carbocycles. The van der Waals surface area contributed by atoms with Gasteiger partial charge >= 0.3 is 0 Å². The van der Waals surface area contributed by atoms with Crippen LogP contribution in [-0.4, -0.2) is 33.9 Å². The molecule has 0 saturated carbocycles. The molecule has 7 heteroatoms. The highest BCUT2D eigenvalue weighted by Gasteiger charge is 2.11. The molecule has 2 aromatic rings. The van der Waals surface area contributed by atoms with Crippen molar-refractivity contribution in [3.8, 4) is 0 Å². The van der Waals surface area contributed by atoms with Gasteiger partial charge in [-0.25, -0.2) is 0 Å². The Kier molecular flexibility index (Phi) is 5.74. The van der Waals surface area contributed by atoms with E-state index in [2.05, 4.69) is 15.7 Å². The van der Waals surface area contributed by atoms with Crippen molar-refractivity contribution in [2.45, 2.75) is 33.5 Å². The fraction of sp³-hybridized carbons (Fsp3) is 0.467. The summed E-state index contributed by atoms with van der Waals surface area (Å²) in [6, 6.07) is 3.60. The van der Waals surface area contributed by atoms with E-state index in [4.69, 9.17) is 9.52 Å². The molecule has 0 atom stereocenters. The summed E-state index contributed by atoms with van der Waals surface area (Å²) in [5.74, 6) is 0.639. The van der Waals surface area contributed by atoms with Gasteiger partial charge < -0.3 is 20.2 Å². The van der Waals surface area contributed by atoms with Crippen LogP contribution < -0.4 is 10.6 Å². The van der Waals surface area contributed by atoms with Gasteiger partial charge in [-0.1, -0.05) is 0 Å². The third-order valence-electron chi connectivity index (χ3n) is 3.47. The molecule has 0 fully saturated rings. The van der Waals surface area contributed by atoms with Gasteiger partial charge in [-0.15, -0.1) is 0 Å². The molecular weight excluding hydrogens is 284 g/mol. The van der Waals surface area contributed by atoms with Crippen molar-refractivity contribution < 1.29 is 14.3 Å². The second kappa shape index (κ2) is 7.77. The second-order valence-electron chi connectivity index (χ2n) is 5.06. The Balaban J connectivity index is 1.77. The van der Waals surface area contributed by atoms with Crippen LogP contribution in [-0.2, 0) is 24.4 Å². The summed E-state index contributed by atoms with van der Waals surface area (Å²) in [5, 5.41) is 19.3. The minimum atomic E-state index is -0.0885. The third-order valence-corrected chi connectivity index (χ3v) is 3.47. The first-order chi connectivity index (χ1) is 10.6. The maximum Gasteiger partial charge on any atom is 0.234 e. The molecular formula is C15H22N4O3. The van der Waals surface area contributed by atoms with Gasteiger partial charge in [0, 0.05) is 17.8 Å². The Labute approximate surface area is 129 Å². The number of carbonyl (C=O) groups excluding carboxylic acids is 1. The number of aliphatic hydroxyl groups is 1. The summed E-state index contributed by atoms with van der Waals surface area (Å²) >= 11 is 0. The van der Waals surface area contributed by atoms with Crippen LogP contribution in [0.5, 0.6) is 0 Å². The molecule has 0 saturated heterocycles. The van der Waals surface area contributed by atoms with Gasteiger partial charge in [-0.3, -0.25) is 9.48 Å². The number of rotatable bonds is 8. The summed E-state index contributed by atoms with van der Waals surface area (Å²) in [6.45, 7) is 5.61. The summed E-state index contributed by atoms with van der Waals surface area (Å²) in [6.07, 6.45) is 1.58. The topological polar surface area (TPSA) is 92.3 Å². The van der Waals surface area contributed by atoms with Crippen LogP contribution in [0.3, 0.4) is 0 Å². The van der Waals surface area contributed by atoms with Gasteiger partial charge in [0.15, 0.2) is 0 Å². The maximum absolute atomic E-state index is 11.7. The van der Waals surface area contributed by atoms with E-state index in [0.717, 1.165) is 22.7 Å². The number of nitrogens with zero attached hydrogens (tertiary/aromatic N) is 2. The Morgan fingerprint density at radius 3 is 2.91 bits per heavy atom. The predicted molar refractivity (Wildman–Crippen MR) is 81.0 cm³/mol. The monoisotopic (exact) mass is 306 g/mol. The Hall–Kier alpha value is -2.12. The molecule has 22 heavy (non-hydrogen) atoms. The lowest BCUT2D eigenvalue weighted by Crippen LogP contribution is -2.33. The van der Waals surface area contributed by atoms with Crippen molar-refractivity contribution in [1.29, 1.82) is 0 Å². The van der Waals surface area contributed by atoms with E-state index in [0.29, 0.717) is 19.6 Å². The summed E-state index contributed by atoms with van der Waals surface area (Å²) < 4.78 is 6.93. The number of aromatic nitrogens is 2. The van der Waals surface area contributed by atoms with Gasteiger partial charge in [0.1, 0.15) is 5.76 Å². The largest absolute Gasteiger partial charge is 0.467 e. The van der Waals surface area contributed by atoms with E-state index in [1.807, 2.05) is 19.9 Å². The Morgan fingerprint density at radius 2 is 2.23 bits per heavy atom. The summed E-state index contributed by atoms with van der Waals surface area (Å²) in [4.78, 5) is 11.7. The molecule has 0 aliphatic rings. The molecule has 0 bridgehead atoms. The molecule has 3 N–H and O–H groups in total. The number of furan rings is 1. The third kappa shape index (κ3) is 4.19. The number of aliphatic hydroxyl groups excluding tert-OH is 1. The zero-order valence-corrected chi connectivity index (χ0v) is 12.9. The molecule has 2 heterocycles. The van der Waals surface area contributed by atoms with Crippen LogP contribution in [0.4, 0.5) is 0 Å². The molecule has 0 aromatic carbocycles. The lowest BCUT2D eigenvalue weighted by atomic mass is 10.2. The zero-order valence-electron chi connectivity index (χ0n) is 12.9. The van der Waals surface area contributed by atoms with Gasteiger partial charge in [-0.05, 0) is 26.0 Å². The molecule has 120 valence electrons. The van der Waals surface area contributed by atoms with Gasteiger partial charge in [0.05, 0.1) is 38.2 Å². The standard InChI is InChI=1S/C15H22N4O3/c1-11-14(12(2)19(18-11)5-6-20)9-16-10-15(21)17-8-13-4-3-7-22-13/h3-4,7,16,20H,5-6,8-10H2,1-2H3,(H,17,21). The molecule has 1 amide bonds. The number of aryl methyl sites for hydroxylation is 1. The number of carbonyl (C=O) groups is 1. The zero-order chi connectivity index (χ0) is 15.9. The number of amides is 1. The summed E-state index contributed by atoms with van der Waals surface area (Å²) in [7, 11) is 0. The maximum atomic E-state index is 11.7. The van der Waals surface area contributed by atoms with Crippen LogP contribution in [0.15, 0.2) is 22.8 Å². The minimum absolute atomic E-state index is 0.0595. The van der Waals surface area contributed by atoms with Crippen molar-refractivity contribution >= 4 is 5.91 Å². The predicted octanol–water partition coefficient (Wildman–Crippen LogP) is 0.491. The average Bonchev–Trinajstić information content (AvgIpc) is 3.09. The van der Waals surface area contributed by atoms with Crippen LogP contribution in [0.1, 0.15) is 22.7 Å². The van der Waals surface area contributed by atoms with E-state index in [1.165, 1.54) is 0 Å². The number of hydrogen-bond donors (Lipinski definition) is 3. The van der Waals surface area contributed by atoms with Gasteiger partial charge in [0.25, 0.3) is 0 Å². The van der Waals surface area contributed by atoms with Crippen molar-refractivity contribution in [2.75, 3.05) is 13.2 Å². The molecule has 7 nitrogen and oxygen atoms in total. The number of nitrogens with one attached hydrogen (secondary N) is 2. The second-order valence-corrected chi connectivity index (χ2v) is 5.06. The summed E-state index contributed by atoms with van der Waals surface area (Å²) in [5.41, 5.74) is 2.98. The smallest absolute Gasteiger partial charge is 0.234 e. The highest BCUT2D eigenvalue weighted by Crippen LogP contribution is 2.12. The normalized spacial score (nSPS) is 10.9. The Bertz CT molecular complexity index is 605. The van der Waals surface area contributed by atoms with Crippen molar-refractivity contribution in [1.82, 2.24) is 20.4 Å². The van der Waals surface area contributed by atoms with E-state index < -0.39 is 0 Å². The highest BCUT2D eigenvalue weighted by molar-refractivity contribution is 5.77. The van der Waals surface area contributed by atoms with Crippen molar-refractivity contribution in [3.63, 3.8) is 0 Å². The molecule has 0 aliphatic heterocycles. The minimum Gasteiger partial charge on any atom is -0.467 e. The van der Waals surface area contributed by atoms with Crippen molar-refractivity contribution in [2.24, 2.45) is 0 Å². The lowest BCUT2D eigenvalue weighted by molar-refractivity contribution is -0.120. The molecule has 2 rings (SSSR count). The van der Waals surface area contributed by atoms with Crippen LogP contribution in [0.2, 0.25) is 0 Å². The fourth-order valence-corrected chi connectivity index (χ4v) is 2.26. The van der Waals surface area contributed by atoms with E-state index in [-0.39, 0.29) is 19.1 Å². The van der Waals surface area contributed by atoms with E-state index >= 15 is 0 Å². The Morgan fingerprint density at radius 1 is 1.41 bits per heavy atom. The van der Waals surface area contributed by atoms with Crippen LogP contribution >= 0.6 is 0 Å². The molecule has 0 spiro atoms. The van der Waals surface area contributed by atoms with Crippen LogP contribution in [0.25, 0.3) is 0 Å². The number of hydrogen-bond acceptors (Lipinski definition) is 5. The lowest BCUT2D eigenvalue weighted by Gasteiger charge is -2.07. The first-order valence-corrected chi connectivity index (χ1v) is 7.25. The molecule has 0 radical (unpaired) electrons. The quantitative estimate of drug-likeness (QED) is 0.660. The van der Waals surface area contributed by atoms with Crippen molar-refractivity contribution in [3.05, 3.63) is 41.1 Å². The molecule has 2 aromatic heterocycles. The van der Waals surface area contributed by atoms with Gasteiger partial charge in [0.2, 0.25) is 5.91 Å². The van der Waals surface area contributed by atoms with Gasteiger partial charge in [-0.2, -0.15) is 5.10 Å².